The standard InChI is InChI=1S/C16H13/c1-2-15(16-11-7-4-8-12-16)13-14-9-5-3-6-10-14/h2-12H,1H2. The van der Waals surface area contributed by atoms with Gasteiger partial charge < -0.3 is 0 Å². The highest BCUT2D eigenvalue weighted by Gasteiger charge is 1.96. The van der Waals surface area contributed by atoms with Crippen LogP contribution in [-0.2, 0) is 0 Å². The zero-order valence-corrected chi connectivity index (χ0v) is 9.06. The molecular weight excluding hydrogens is 192 g/mol. The molecule has 0 nitrogen and oxygen atoms in total. The van der Waals surface area contributed by atoms with Gasteiger partial charge in [0.25, 0.3) is 0 Å². The molecule has 0 heterocycles. The first-order valence-corrected chi connectivity index (χ1v) is 5.27. The van der Waals surface area contributed by atoms with Gasteiger partial charge in [0, 0.05) is 0 Å². The van der Waals surface area contributed by atoms with Gasteiger partial charge in [-0.2, -0.15) is 0 Å². The lowest BCUT2D eigenvalue weighted by atomic mass is 10.0. The van der Waals surface area contributed by atoms with Crippen LogP contribution < -0.4 is 0 Å². The summed E-state index contributed by atoms with van der Waals surface area (Å²) in [6, 6.07) is 20.3. The van der Waals surface area contributed by atoms with Crippen LogP contribution in [0.3, 0.4) is 0 Å². The van der Waals surface area contributed by atoms with E-state index in [1.54, 1.807) is 0 Å². The topological polar surface area (TPSA) is 0 Å². The van der Waals surface area contributed by atoms with Crippen LogP contribution in [0.25, 0.3) is 5.57 Å². The second-order valence-corrected chi connectivity index (χ2v) is 3.47. The third-order valence-corrected chi connectivity index (χ3v) is 2.34. The molecule has 0 aliphatic heterocycles. The maximum Gasteiger partial charge on any atom is -0.00208 e. The molecule has 0 heteroatoms. The Morgan fingerprint density at radius 1 is 0.875 bits per heavy atom. The molecule has 0 bridgehead atoms. The summed E-state index contributed by atoms with van der Waals surface area (Å²) in [4.78, 5) is 0. The Labute approximate surface area is 96.6 Å². The lowest BCUT2D eigenvalue weighted by Crippen LogP contribution is -1.81. The predicted octanol–water partition coefficient (Wildman–Crippen LogP) is 4.11. The van der Waals surface area contributed by atoms with E-state index in [9.17, 15) is 0 Å². The summed E-state index contributed by atoms with van der Waals surface area (Å²) in [5.74, 6) is 0. The van der Waals surface area contributed by atoms with E-state index in [1.165, 1.54) is 0 Å². The van der Waals surface area contributed by atoms with Crippen molar-refractivity contribution in [2.24, 2.45) is 0 Å². The highest BCUT2D eigenvalue weighted by Crippen LogP contribution is 2.16. The minimum absolute atomic E-state index is 1.02. The first-order valence-electron chi connectivity index (χ1n) is 5.27. The first-order chi connectivity index (χ1) is 7.90. The van der Waals surface area contributed by atoms with Crippen molar-refractivity contribution in [1.29, 1.82) is 0 Å². The van der Waals surface area contributed by atoms with Crippen molar-refractivity contribution in [3.8, 4) is 0 Å². The Balaban J connectivity index is 2.38. The van der Waals surface area contributed by atoms with Crippen LogP contribution in [0.2, 0.25) is 0 Å². The summed E-state index contributed by atoms with van der Waals surface area (Å²) in [7, 11) is 0. The van der Waals surface area contributed by atoms with Crippen molar-refractivity contribution < 1.29 is 0 Å². The molecular formula is C16H13. The SMILES string of the molecule is C=C/C(=[C]\c1ccccc1)c1ccccc1. The zero-order chi connectivity index (χ0) is 11.2. The molecule has 0 saturated heterocycles. The molecule has 2 aromatic rings. The third kappa shape index (κ3) is 2.48. The molecule has 0 aromatic heterocycles. The van der Waals surface area contributed by atoms with E-state index in [2.05, 4.69) is 24.8 Å². The van der Waals surface area contributed by atoms with Crippen LogP contribution in [0.5, 0.6) is 0 Å². The quantitative estimate of drug-likeness (QED) is 0.522. The number of rotatable bonds is 3. The monoisotopic (exact) mass is 205 g/mol. The highest BCUT2D eigenvalue weighted by atomic mass is 14.0. The molecule has 0 spiro atoms. The van der Waals surface area contributed by atoms with Gasteiger partial charge in [-0.1, -0.05) is 73.3 Å². The van der Waals surface area contributed by atoms with Gasteiger partial charge in [0.05, 0.1) is 0 Å². The van der Waals surface area contributed by atoms with Crippen LogP contribution in [0.15, 0.2) is 73.3 Å². The summed E-state index contributed by atoms with van der Waals surface area (Å²) in [5.41, 5.74) is 3.23. The normalized spacial score (nSPS) is 11.1. The fraction of sp³-hybridized carbons (Fsp3) is 0. The number of hydrogen-bond donors (Lipinski definition) is 0. The van der Waals surface area contributed by atoms with E-state index in [1.807, 2.05) is 54.6 Å². The Kier molecular flexibility index (Phi) is 3.35. The van der Waals surface area contributed by atoms with E-state index in [0.29, 0.717) is 0 Å². The average Bonchev–Trinajstić information content (AvgIpc) is 2.38. The molecule has 0 saturated carbocycles. The van der Waals surface area contributed by atoms with Gasteiger partial charge in [0.15, 0.2) is 0 Å². The Hall–Kier alpha value is -2.08. The maximum absolute atomic E-state index is 3.83. The molecule has 0 fully saturated rings. The van der Waals surface area contributed by atoms with Gasteiger partial charge in [-0.15, -0.1) is 0 Å². The number of benzene rings is 2. The van der Waals surface area contributed by atoms with Crippen molar-refractivity contribution in [2.45, 2.75) is 0 Å². The Morgan fingerprint density at radius 3 is 2.00 bits per heavy atom. The maximum atomic E-state index is 3.83. The van der Waals surface area contributed by atoms with E-state index in [-0.39, 0.29) is 0 Å². The zero-order valence-electron chi connectivity index (χ0n) is 9.06. The van der Waals surface area contributed by atoms with Gasteiger partial charge in [-0.3, -0.25) is 0 Å². The minimum Gasteiger partial charge on any atom is -0.0984 e. The molecule has 2 rings (SSSR count). The Morgan fingerprint density at radius 2 is 1.44 bits per heavy atom. The highest BCUT2D eigenvalue weighted by molar-refractivity contribution is 5.73. The van der Waals surface area contributed by atoms with Crippen LogP contribution in [0, 0.1) is 6.08 Å². The second kappa shape index (κ2) is 5.13. The average molecular weight is 205 g/mol. The third-order valence-electron chi connectivity index (χ3n) is 2.34. The van der Waals surface area contributed by atoms with Crippen molar-refractivity contribution in [3.63, 3.8) is 0 Å². The van der Waals surface area contributed by atoms with Gasteiger partial charge in [-0.25, -0.2) is 0 Å². The second-order valence-electron chi connectivity index (χ2n) is 3.47. The van der Waals surface area contributed by atoms with Crippen molar-refractivity contribution in [1.82, 2.24) is 0 Å². The van der Waals surface area contributed by atoms with Crippen LogP contribution in [0.1, 0.15) is 11.1 Å². The van der Waals surface area contributed by atoms with E-state index < -0.39 is 0 Å². The summed E-state index contributed by atoms with van der Waals surface area (Å²) in [6.07, 6.45) is 5.18. The molecule has 0 amide bonds. The summed E-state index contributed by atoms with van der Waals surface area (Å²) < 4.78 is 0. The molecule has 1 radical (unpaired) electrons. The fourth-order valence-electron chi connectivity index (χ4n) is 1.54. The van der Waals surface area contributed by atoms with Crippen LogP contribution >= 0.6 is 0 Å². The summed E-state index contributed by atoms with van der Waals surface area (Å²) in [6.45, 7) is 3.83. The lowest BCUT2D eigenvalue weighted by molar-refractivity contribution is 1.54. The van der Waals surface area contributed by atoms with Crippen molar-refractivity contribution in [3.05, 3.63) is 90.5 Å². The largest absolute Gasteiger partial charge is 0.0984 e. The van der Waals surface area contributed by atoms with Crippen molar-refractivity contribution in [2.75, 3.05) is 0 Å². The van der Waals surface area contributed by atoms with Gasteiger partial charge >= 0.3 is 0 Å². The minimum atomic E-state index is 1.02. The van der Waals surface area contributed by atoms with E-state index in [4.69, 9.17) is 0 Å². The van der Waals surface area contributed by atoms with E-state index >= 15 is 0 Å². The van der Waals surface area contributed by atoms with Gasteiger partial charge in [-0.05, 0) is 22.8 Å². The molecule has 0 atom stereocenters. The first kappa shape index (κ1) is 10.4. The fourth-order valence-corrected chi connectivity index (χ4v) is 1.54. The molecule has 0 aliphatic rings. The lowest BCUT2D eigenvalue weighted by Gasteiger charge is -2.01. The summed E-state index contributed by atoms with van der Waals surface area (Å²) in [5, 5.41) is 0. The molecule has 0 N–H and O–H groups in total. The van der Waals surface area contributed by atoms with Crippen LogP contribution in [0.4, 0.5) is 0 Å². The molecule has 16 heavy (non-hydrogen) atoms. The van der Waals surface area contributed by atoms with Gasteiger partial charge in [0.1, 0.15) is 0 Å². The number of hydrogen-bond acceptors (Lipinski definition) is 0. The van der Waals surface area contributed by atoms with Gasteiger partial charge in [0.2, 0.25) is 0 Å². The van der Waals surface area contributed by atoms with E-state index in [0.717, 1.165) is 16.7 Å². The Bertz CT molecular complexity index is 478. The molecule has 0 unspecified atom stereocenters. The smallest absolute Gasteiger partial charge is 0.00208 e. The van der Waals surface area contributed by atoms with Crippen molar-refractivity contribution >= 4 is 5.57 Å². The molecule has 0 aliphatic carbocycles. The number of allylic oxidation sites excluding steroid dienone is 2. The molecule has 77 valence electrons. The predicted molar refractivity (Wildman–Crippen MR) is 68.8 cm³/mol. The summed E-state index contributed by atoms with van der Waals surface area (Å²) >= 11 is 0. The van der Waals surface area contributed by atoms with Crippen LogP contribution in [-0.4, -0.2) is 0 Å². The molecule has 2 aromatic carbocycles.